The molecule has 4 heteroatoms. The van der Waals surface area contributed by atoms with Crippen LogP contribution < -0.4 is 0 Å². The molecule has 0 bridgehead atoms. The molecule has 0 amide bonds. The van der Waals surface area contributed by atoms with Crippen molar-refractivity contribution in [2.24, 2.45) is 0 Å². The molecule has 0 aliphatic heterocycles. The molecule has 4 heterocycles. The van der Waals surface area contributed by atoms with Crippen LogP contribution in [0.1, 0.15) is 0 Å². The number of nitrogens with zero attached hydrogens (tertiary/aromatic N) is 2. The first kappa shape index (κ1) is 31.4. The van der Waals surface area contributed by atoms with Gasteiger partial charge in [0.15, 0.2) is 0 Å². The molecular weight excluding hydrogens is 709 g/mol. The molecule has 58 heavy (non-hydrogen) atoms. The first-order valence-electron chi connectivity index (χ1n) is 19.7. The maximum absolute atomic E-state index is 6.20. The summed E-state index contributed by atoms with van der Waals surface area (Å²) in [6.45, 7) is 0. The van der Waals surface area contributed by atoms with Crippen LogP contribution in [0.15, 0.2) is 203 Å². The van der Waals surface area contributed by atoms with Crippen molar-refractivity contribution >= 4 is 87.5 Å². The zero-order chi connectivity index (χ0) is 37.9. The topological polar surface area (TPSA) is 36.1 Å². The Hall–Kier alpha value is -7.82. The first-order valence-corrected chi connectivity index (χ1v) is 19.7. The molecule has 4 nitrogen and oxygen atoms in total. The summed E-state index contributed by atoms with van der Waals surface area (Å²) in [5.41, 5.74) is 15.3. The van der Waals surface area contributed by atoms with Gasteiger partial charge >= 0.3 is 0 Å². The van der Waals surface area contributed by atoms with Crippen LogP contribution in [-0.4, -0.2) is 9.13 Å². The molecule has 0 radical (unpaired) electrons. The lowest BCUT2D eigenvalue weighted by Crippen LogP contribution is -1.93. The van der Waals surface area contributed by atoms with E-state index in [1.54, 1.807) is 0 Å². The second-order valence-electron chi connectivity index (χ2n) is 15.3. The monoisotopic (exact) mass is 740 g/mol. The van der Waals surface area contributed by atoms with Crippen molar-refractivity contribution in [3.8, 4) is 33.6 Å². The molecule has 0 atom stereocenters. The van der Waals surface area contributed by atoms with Crippen molar-refractivity contribution in [3.05, 3.63) is 194 Å². The molecule has 0 N–H and O–H groups in total. The number of hydrogen-bond acceptors (Lipinski definition) is 2. The fourth-order valence-electron chi connectivity index (χ4n) is 9.54. The van der Waals surface area contributed by atoms with E-state index in [1.807, 2.05) is 24.3 Å². The molecule has 13 rings (SSSR count). The van der Waals surface area contributed by atoms with Crippen LogP contribution in [0.2, 0.25) is 0 Å². The number of furan rings is 2. The highest BCUT2D eigenvalue weighted by Crippen LogP contribution is 2.42. The standard InChI is InChI=1S/C54H32N2O2/c1-5-18-46-39(13-1)43-30-34(23-26-48(43)55(46)36-24-27-52-44(31-36)40-14-3-7-21-50(40)57-52)33-11-9-12-35(29-33)38-17-10-20-49-54(38)42-16-2-6-19-47(42)56(49)37-25-28-53-45(32-37)41-15-4-8-22-51(41)58-53/h1-32H. The largest absolute Gasteiger partial charge is 0.456 e. The van der Waals surface area contributed by atoms with E-state index in [9.17, 15) is 0 Å². The van der Waals surface area contributed by atoms with E-state index in [4.69, 9.17) is 8.83 Å². The summed E-state index contributed by atoms with van der Waals surface area (Å²) in [7, 11) is 0. The molecule has 0 aliphatic rings. The third-order valence-corrected chi connectivity index (χ3v) is 12.1. The minimum atomic E-state index is 0.899. The highest BCUT2D eigenvalue weighted by molar-refractivity contribution is 6.17. The number of hydrogen-bond donors (Lipinski definition) is 0. The predicted molar refractivity (Wildman–Crippen MR) is 241 cm³/mol. The van der Waals surface area contributed by atoms with E-state index in [0.29, 0.717) is 0 Å². The Kier molecular flexibility index (Phi) is 6.41. The van der Waals surface area contributed by atoms with E-state index in [0.717, 1.165) is 55.3 Å². The molecular formula is C54H32N2O2. The van der Waals surface area contributed by atoms with E-state index in [1.165, 1.54) is 65.9 Å². The van der Waals surface area contributed by atoms with E-state index >= 15 is 0 Å². The van der Waals surface area contributed by atoms with E-state index in [-0.39, 0.29) is 0 Å². The van der Waals surface area contributed by atoms with Gasteiger partial charge in [0.2, 0.25) is 0 Å². The van der Waals surface area contributed by atoms with Crippen molar-refractivity contribution < 1.29 is 8.83 Å². The minimum Gasteiger partial charge on any atom is -0.456 e. The van der Waals surface area contributed by atoms with Crippen molar-refractivity contribution in [3.63, 3.8) is 0 Å². The molecule has 13 aromatic rings. The zero-order valence-corrected chi connectivity index (χ0v) is 31.2. The Balaban J connectivity index is 0.960. The van der Waals surface area contributed by atoms with Crippen LogP contribution in [0, 0.1) is 0 Å². The molecule has 0 saturated heterocycles. The summed E-state index contributed by atoms with van der Waals surface area (Å²) in [6, 6.07) is 69.8. The number of aromatic nitrogens is 2. The van der Waals surface area contributed by atoms with Gasteiger partial charge in [-0.05, 0) is 107 Å². The third kappa shape index (κ3) is 4.45. The van der Waals surface area contributed by atoms with Crippen LogP contribution in [0.4, 0.5) is 0 Å². The summed E-state index contributed by atoms with van der Waals surface area (Å²) < 4.78 is 17.2. The number of benzene rings is 9. The average Bonchev–Trinajstić information content (AvgIpc) is 4.03. The number of para-hydroxylation sites is 4. The second kappa shape index (κ2) is 11.8. The van der Waals surface area contributed by atoms with Gasteiger partial charge in [0.25, 0.3) is 0 Å². The Morgan fingerprint density at radius 2 is 0.776 bits per heavy atom. The SMILES string of the molecule is c1cc(-c2ccc3c(c2)c2ccccc2n3-c2ccc3oc4ccccc4c3c2)cc(-c2cccc3c2c2ccccc2n3-c2ccc3oc4ccccc4c3c2)c1. The van der Waals surface area contributed by atoms with Crippen LogP contribution in [0.3, 0.4) is 0 Å². The third-order valence-electron chi connectivity index (χ3n) is 12.1. The lowest BCUT2D eigenvalue weighted by atomic mass is 9.95. The van der Waals surface area contributed by atoms with Gasteiger partial charge in [-0.15, -0.1) is 0 Å². The molecule has 0 unspecified atom stereocenters. The smallest absolute Gasteiger partial charge is 0.135 e. The predicted octanol–water partition coefficient (Wildman–Crippen LogP) is 15.0. The van der Waals surface area contributed by atoms with Gasteiger partial charge in [-0.25, -0.2) is 0 Å². The number of fused-ring (bicyclic) bond motifs is 12. The molecule has 0 aliphatic carbocycles. The van der Waals surface area contributed by atoms with Crippen LogP contribution in [0.5, 0.6) is 0 Å². The Bertz CT molecular complexity index is 3820. The Morgan fingerprint density at radius 1 is 0.276 bits per heavy atom. The van der Waals surface area contributed by atoms with Crippen molar-refractivity contribution in [2.75, 3.05) is 0 Å². The van der Waals surface area contributed by atoms with Gasteiger partial charge in [-0.2, -0.15) is 0 Å². The first-order chi connectivity index (χ1) is 28.7. The highest BCUT2D eigenvalue weighted by Gasteiger charge is 2.19. The van der Waals surface area contributed by atoms with Crippen LogP contribution in [-0.2, 0) is 0 Å². The maximum atomic E-state index is 6.20. The summed E-state index contributed by atoms with van der Waals surface area (Å²) in [4.78, 5) is 0. The molecule has 0 spiro atoms. The van der Waals surface area contributed by atoms with Gasteiger partial charge < -0.3 is 18.0 Å². The lowest BCUT2D eigenvalue weighted by Gasteiger charge is -2.11. The fraction of sp³-hybridized carbons (Fsp3) is 0. The van der Waals surface area contributed by atoms with E-state index in [2.05, 4.69) is 179 Å². The summed E-state index contributed by atoms with van der Waals surface area (Å²) >= 11 is 0. The van der Waals surface area contributed by atoms with E-state index < -0.39 is 0 Å². The Labute approximate surface area is 332 Å². The summed E-state index contributed by atoms with van der Waals surface area (Å²) in [6.07, 6.45) is 0. The van der Waals surface area contributed by atoms with Crippen molar-refractivity contribution in [1.82, 2.24) is 9.13 Å². The summed E-state index contributed by atoms with van der Waals surface area (Å²) in [5.74, 6) is 0. The van der Waals surface area contributed by atoms with Crippen LogP contribution in [0.25, 0.3) is 121 Å². The average molecular weight is 741 g/mol. The lowest BCUT2D eigenvalue weighted by molar-refractivity contribution is 0.668. The molecule has 9 aromatic carbocycles. The maximum Gasteiger partial charge on any atom is 0.135 e. The van der Waals surface area contributed by atoms with Gasteiger partial charge in [-0.1, -0.05) is 109 Å². The minimum absolute atomic E-state index is 0.899. The Morgan fingerprint density at radius 3 is 1.48 bits per heavy atom. The van der Waals surface area contributed by atoms with Gasteiger partial charge in [-0.3, -0.25) is 0 Å². The quantitative estimate of drug-likeness (QED) is 0.180. The van der Waals surface area contributed by atoms with Crippen molar-refractivity contribution in [1.29, 1.82) is 0 Å². The normalized spacial score (nSPS) is 12.1. The fourth-order valence-corrected chi connectivity index (χ4v) is 9.54. The molecule has 0 saturated carbocycles. The zero-order valence-electron chi connectivity index (χ0n) is 31.2. The molecule has 270 valence electrons. The molecule has 0 fully saturated rings. The second-order valence-corrected chi connectivity index (χ2v) is 15.3. The highest BCUT2D eigenvalue weighted by atomic mass is 16.3. The summed E-state index contributed by atoms with van der Waals surface area (Å²) in [5, 5.41) is 9.43. The van der Waals surface area contributed by atoms with Gasteiger partial charge in [0, 0.05) is 54.5 Å². The van der Waals surface area contributed by atoms with Gasteiger partial charge in [0.05, 0.1) is 22.1 Å². The number of rotatable bonds is 4. The van der Waals surface area contributed by atoms with Crippen molar-refractivity contribution in [2.45, 2.75) is 0 Å². The molecule has 4 aromatic heterocycles. The van der Waals surface area contributed by atoms with Gasteiger partial charge in [0.1, 0.15) is 22.3 Å². The van der Waals surface area contributed by atoms with Crippen LogP contribution >= 0.6 is 0 Å².